The average molecular weight is 549 g/mol. The number of primary amides is 1. The van der Waals surface area contributed by atoms with E-state index in [1.54, 1.807) is 0 Å². The quantitative estimate of drug-likeness (QED) is 0.285. The number of fused-ring (bicyclic) bond motifs is 2. The van der Waals surface area contributed by atoms with Gasteiger partial charge < -0.3 is 11.1 Å². The number of nitrogens with two attached hydrogens (primary N) is 1. The molecule has 4 aromatic rings. The van der Waals surface area contributed by atoms with Crippen molar-refractivity contribution in [1.29, 1.82) is 0 Å². The first kappa shape index (κ1) is 23.7. The van der Waals surface area contributed by atoms with Crippen molar-refractivity contribution in [3.05, 3.63) is 80.1 Å². The molecule has 2 aromatic carbocycles. The van der Waals surface area contributed by atoms with Gasteiger partial charge in [-0.2, -0.15) is 0 Å². The van der Waals surface area contributed by atoms with Crippen molar-refractivity contribution in [2.75, 3.05) is 5.32 Å². The van der Waals surface area contributed by atoms with Gasteiger partial charge in [0.15, 0.2) is 0 Å². The first-order valence-electron chi connectivity index (χ1n) is 11.8. The van der Waals surface area contributed by atoms with Crippen molar-refractivity contribution in [2.45, 2.75) is 39.5 Å². The SMILES string of the molecule is CC[C@@H]1CCc2c(sc(NC(=O)c3cc(-c4cccc(C)c4)nc4ccc(Br)cc34)c2C(N)=O)C1. The monoisotopic (exact) mass is 547 g/mol. The summed E-state index contributed by atoms with van der Waals surface area (Å²) in [4.78, 5) is 32.1. The molecular weight excluding hydrogens is 522 g/mol. The van der Waals surface area contributed by atoms with E-state index >= 15 is 0 Å². The molecule has 0 saturated heterocycles. The predicted molar refractivity (Wildman–Crippen MR) is 146 cm³/mol. The van der Waals surface area contributed by atoms with Gasteiger partial charge in [-0.15, -0.1) is 11.3 Å². The molecule has 0 bridgehead atoms. The molecule has 5 rings (SSSR count). The van der Waals surface area contributed by atoms with Gasteiger partial charge in [0.1, 0.15) is 5.00 Å². The molecule has 0 fully saturated rings. The summed E-state index contributed by atoms with van der Waals surface area (Å²) < 4.78 is 0.860. The van der Waals surface area contributed by atoms with E-state index in [4.69, 9.17) is 10.7 Å². The highest BCUT2D eigenvalue weighted by atomic mass is 79.9. The summed E-state index contributed by atoms with van der Waals surface area (Å²) in [6.45, 7) is 4.22. The maximum Gasteiger partial charge on any atom is 0.257 e. The molecule has 0 unspecified atom stereocenters. The molecule has 5 nitrogen and oxygen atoms in total. The number of anilines is 1. The van der Waals surface area contributed by atoms with Gasteiger partial charge in [0, 0.05) is 20.3 Å². The Balaban J connectivity index is 1.59. The highest BCUT2D eigenvalue weighted by Gasteiger charge is 2.28. The summed E-state index contributed by atoms with van der Waals surface area (Å²) in [5.74, 6) is -0.170. The van der Waals surface area contributed by atoms with Crippen LogP contribution in [0.4, 0.5) is 5.00 Å². The van der Waals surface area contributed by atoms with Crippen LogP contribution in [0.15, 0.2) is 53.0 Å². The molecule has 0 radical (unpaired) electrons. The lowest BCUT2D eigenvalue weighted by atomic mass is 9.85. The molecular formula is C28H26BrN3O2S. The van der Waals surface area contributed by atoms with Gasteiger partial charge in [-0.3, -0.25) is 9.59 Å². The fraction of sp³-hybridized carbons (Fsp3) is 0.250. The first-order chi connectivity index (χ1) is 16.8. The van der Waals surface area contributed by atoms with E-state index in [-0.39, 0.29) is 5.91 Å². The Hall–Kier alpha value is -3.03. The molecule has 178 valence electrons. The lowest BCUT2D eigenvalue weighted by Gasteiger charge is -2.20. The fourth-order valence-corrected chi connectivity index (χ4v) is 6.58. The molecule has 2 heterocycles. The van der Waals surface area contributed by atoms with Crippen molar-refractivity contribution in [3.8, 4) is 11.3 Å². The van der Waals surface area contributed by atoms with Crippen molar-refractivity contribution in [3.63, 3.8) is 0 Å². The Kier molecular flexibility index (Phi) is 6.47. The number of pyridine rings is 1. The topological polar surface area (TPSA) is 85.1 Å². The van der Waals surface area contributed by atoms with Crippen LogP contribution < -0.4 is 11.1 Å². The first-order valence-corrected chi connectivity index (χ1v) is 13.4. The number of nitrogens with zero attached hydrogens (tertiary/aromatic N) is 1. The number of rotatable bonds is 5. The Morgan fingerprint density at radius 1 is 1.20 bits per heavy atom. The van der Waals surface area contributed by atoms with E-state index in [2.05, 4.69) is 34.2 Å². The highest BCUT2D eigenvalue weighted by molar-refractivity contribution is 9.10. The third kappa shape index (κ3) is 4.62. The number of thiophene rings is 1. The van der Waals surface area contributed by atoms with Crippen molar-refractivity contribution in [1.82, 2.24) is 4.98 Å². The zero-order valence-corrected chi connectivity index (χ0v) is 22.1. The predicted octanol–water partition coefficient (Wildman–Crippen LogP) is 6.90. The van der Waals surface area contributed by atoms with Crippen LogP contribution in [0.25, 0.3) is 22.2 Å². The lowest BCUT2D eigenvalue weighted by Crippen LogP contribution is -2.20. The van der Waals surface area contributed by atoms with Gasteiger partial charge in [-0.05, 0) is 68.0 Å². The van der Waals surface area contributed by atoms with Crippen LogP contribution in [0, 0.1) is 12.8 Å². The number of nitrogens with one attached hydrogen (secondary N) is 1. The fourth-order valence-electron chi connectivity index (χ4n) is 4.86. The van der Waals surface area contributed by atoms with Gasteiger partial charge in [0.05, 0.1) is 22.3 Å². The molecule has 0 spiro atoms. The smallest absolute Gasteiger partial charge is 0.257 e. The van der Waals surface area contributed by atoms with Crippen molar-refractivity contribution >= 4 is 55.0 Å². The largest absolute Gasteiger partial charge is 0.365 e. The van der Waals surface area contributed by atoms with E-state index in [0.29, 0.717) is 22.0 Å². The van der Waals surface area contributed by atoms with E-state index in [0.717, 1.165) is 68.3 Å². The van der Waals surface area contributed by atoms with Crippen LogP contribution in [0.1, 0.15) is 56.5 Å². The molecule has 1 aliphatic rings. The number of hydrogen-bond donors (Lipinski definition) is 2. The molecule has 35 heavy (non-hydrogen) atoms. The second-order valence-corrected chi connectivity index (χ2v) is 11.2. The van der Waals surface area contributed by atoms with Gasteiger partial charge in [0.25, 0.3) is 11.8 Å². The van der Waals surface area contributed by atoms with E-state index < -0.39 is 5.91 Å². The second kappa shape index (κ2) is 9.55. The van der Waals surface area contributed by atoms with Crippen molar-refractivity contribution in [2.24, 2.45) is 11.7 Å². The third-order valence-corrected chi connectivity index (χ3v) is 8.41. The lowest BCUT2D eigenvalue weighted by molar-refractivity contribution is 0.1000. The Morgan fingerprint density at radius 2 is 2.03 bits per heavy atom. The van der Waals surface area contributed by atoms with Crippen molar-refractivity contribution < 1.29 is 9.59 Å². The van der Waals surface area contributed by atoms with Crippen LogP contribution in [0.2, 0.25) is 0 Å². The van der Waals surface area contributed by atoms with Gasteiger partial charge in [-0.25, -0.2) is 4.98 Å². The molecule has 1 aliphatic carbocycles. The normalized spacial score (nSPS) is 15.1. The zero-order valence-electron chi connectivity index (χ0n) is 19.7. The number of halogens is 1. The molecule has 0 saturated carbocycles. The second-order valence-electron chi connectivity index (χ2n) is 9.13. The molecule has 1 atom stereocenters. The average Bonchev–Trinajstić information content (AvgIpc) is 3.20. The van der Waals surface area contributed by atoms with E-state index in [1.807, 2.05) is 49.4 Å². The maximum absolute atomic E-state index is 13.7. The Labute approximate surface area is 216 Å². The number of carbonyl (C=O) groups is 2. The van der Waals surface area contributed by atoms with E-state index in [1.165, 1.54) is 11.3 Å². The number of amides is 2. The number of aryl methyl sites for hydroxylation is 1. The standard InChI is InChI=1S/C28H26BrN3O2S/c1-3-16-7-9-19-24(12-16)35-28(25(19)26(30)33)32-27(34)21-14-23(17-6-4-5-15(2)11-17)31-22-10-8-18(29)13-20(21)22/h4-6,8,10-11,13-14,16H,3,7,9,12H2,1-2H3,(H2,30,33)(H,32,34)/t16-/m1/s1. The number of hydrogen-bond acceptors (Lipinski definition) is 4. The molecule has 3 N–H and O–H groups in total. The van der Waals surface area contributed by atoms with Crippen LogP contribution in [-0.4, -0.2) is 16.8 Å². The minimum Gasteiger partial charge on any atom is -0.365 e. The number of benzene rings is 2. The minimum atomic E-state index is -0.490. The maximum atomic E-state index is 13.7. The summed E-state index contributed by atoms with van der Waals surface area (Å²) in [5.41, 5.74) is 11.3. The summed E-state index contributed by atoms with van der Waals surface area (Å²) >= 11 is 5.00. The molecule has 2 amide bonds. The summed E-state index contributed by atoms with van der Waals surface area (Å²) in [5, 5.41) is 4.32. The molecule has 2 aromatic heterocycles. The van der Waals surface area contributed by atoms with Gasteiger partial charge >= 0.3 is 0 Å². The van der Waals surface area contributed by atoms with Crippen LogP contribution in [0.5, 0.6) is 0 Å². The summed E-state index contributed by atoms with van der Waals surface area (Å²) in [6.07, 6.45) is 3.89. The third-order valence-electron chi connectivity index (χ3n) is 6.75. The summed E-state index contributed by atoms with van der Waals surface area (Å²) in [7, 11) is 0. The van der Waals surface area contributed by atoms with Crippen LogP contribution >= 0.6 is 27.3 Å². The number of carbonyl (C=O) groups excluding carboxylic acids is 2. The van der Waals surface area contributed by atoms with E-state index in [9.17, 15) is 9.59 Å². The van der Waals surface area contributed by atoms with Crippen LogP contribution in [0.3, 0.4) is 0 Å². The summed E-state index contributed by atoms with van der Waals surface area (Å²) in [6, 6.07) is 15.6. The van der Waals surface area contributed by atoms with Crippen LogP contribution in [-0.2, 0) is 12.8 Å². The highest BCUT2D eigenvalue weighted by Crippen LogP contribution is 2.40. The molecule has 7 heteroatoms. The van der Waals surface area contributed by atoms with Gasteiger partial charge in [0.2, 0.25) is 0 Å². The minimum absolute atomic E-state index is 0.280. The molecule has 0 aliphatic heterocycles. The van der Waals surface area contributed by atoms with Gasteiger partial charge in [-0.1, -0.05) is 53.0 Å². The zero-order chi connectivity index (χ0) is 24.7. The number of aromatic nitrogens is 1. The Morgan fingerprint density at radius 3 is 2.77 bits per heavy atom. The Bertz CT molecular complexity index is 1480.